The van der Waals surface area contributed by atoms with Crippen molar-refractivity contribution in [1.29, 1.82) is 0 Å². The highest BCUT2D eigenvalue weighted by Gasteiger charge is 2.16. The Bertz CT molecular complexity index is 447. The SMILES string of the molecule is COC(=O)/C=C/c1ccccc1OC1CCCCO1. The van der Waals surface area contributed by atoms with E-state index < -0.39 is 0 Å². The normalized spacial score (nSPS) is 19.3. The Labute approximate surface area is 113 Å². The van der Waals surface area contributed by atoms with Crippen molar-refractivity contribution in [3.05, 3.63) is 35.9 Å². The van der Waals surface area contributed by atoms with E-state index in [0.717, 1.165) is 37.2 Å². The van der Waals surface area contributed by atoms with Crippen LogP contribution in [0.4, 0.5) is 0 Å². The van der Waals surface area contributed by atoms with E-state index in [-0.39, 0.29) is 12.3 Å². The Morgan fingerprint density at radius 3 is 2.95 bits per heavy atom. The zero-order valence-corrected chi connectivity index (χ0v) is 11.0. The number of para-hydroxylation sites is 1. The summed E-state index contributed by atoms with van der Waals surface area (Å²) in [6, 6.07) is 7.55. The number of carbonyl (C=O) groups excluding carboxylic acids is 1. The molecule has 0 saturated carbocycles. The largest absolute Gasteiger partial charge is 0.466 e. The lowest BCUT2D eigenvalue weighted by atomic mass is 10.1. The highest BCUT2D eigenvalue weighted by molar-refractivity contribution is 5.87. The number of hydrogen-bond acceptors (Lipinski definition) is 4. The maximum absolute atomic E-state index is 11.1. The van der Waals surface area contributed by atoms with Gasteiger partial charge in [0.15, 0.2) is 6.29 Å². The second kappa shape index (κ2) is 6.95. The van der Waals surface area contributed by atoms with Crippen LogP contribution in [0.2, 0.25) is 0 Å². The Hall–Kier alpha value is -1.81. The third kappa shape index (κ3) is 4.10. The highest BCUT2D eigenvalue weighted by atomic mass is 16.7. The van der Waals surface area contributed by atoms with Gasteiger partial charge >= 0.3 is 5.97 Å². The number of hydrogen-bond donors (Lipinski definition) is 0. The van der Waals surface area contributed by atoms with E-state index in [1.54, 1.807) is 6.08 Å². The van der Waals surface area contributed by atoms with E-state index in [0.29, 0.717) is 0 Å². The van der Waals surface area contributed by atoms with Crippen LogP contribution >= 0.6 is 0 Å². The second-order valence-electron chi connectivity index (χ2n) is 4.31. The molecule has 1 aromatic carbocycles. The fraction of sp³-hybridized carbons (Fsp3) is 0.400. The molecule has 0 radical (unpaired) electrons. The summed E-state index contributed by atoms with van der Waals surface area (Å²) >= 11 is 0. The van der Waals surface area contributed by atoms with Crippen molar-refractivity contribution < 1.29 is 19.0 Å². The summed E-state index contributed by atoms with van der Waals surface area (Å²) in [4.78, 5) is 11.1. The molecule has 1 fully saturated rings. The lowest BCUT2D eigenvalue weighted by Crippen LogP contribution is -2.25. The summed E-state index contributed by atoms with van der Waals surface area (Å²) in [6.45, 7) is 0.741. The van der Waals surface area contributed by atoms with Gasteiger partial charge in [-0.05, 0) is 25.0 Å². The van der Waals surface area contributed by atoms with Gasteiger partial charge in [0, 0.05) is 18.1 Å². The van der Waals surface area contributed by atoms with Crippen molar-refractivity contribution in [2.75, 3.05) is 13.7 Å². The zero-order chi connectivity index (χ0) is 13.5. The molecule has 1 atom stereocenters. The van der Waals surface area contributed by atoms with Crippen LogP contribution in [0.5, 0.6) is 5.75 Å². The average Bonchev–Trinajstić information content (AvgIpc) is 2.47. The molecule has 0 amide bonds. The molecular weight excluding hydrogens is 244 g/mol. The fourth-order valence-corrected chi connectivity index (χ4v) is 1.90. The first-order valence-electron chi connectivity index (χ1n) is 6.43. The van der Waals surface area contributed by atoms with Crippen LogP contribution in [0.25, 0.3) is 6.08 Å². The molecule has 4 nitrogen and oxygen atoms in total. The quantitative estimate of drug-likeness (QED) is 0.618. The van der Waals surface area contributed by atoms with Crippen LogP contribution in [-0.2, 0) is 14.3 Å². The van der Waals surface area contributed by atoms with Crippen LogP contribution in [0.1, 0.15) is 24.8 Å². The molecule has 2 rings (SSSR count). The van der Waals surface area contributed by atoms with Gasteiger partial charge in [-0.15, -0.1) is 0 Å². The van der Waals surface area contributed by atoms with Crippen molar-refractivity contribution in [1.82, 2.24) is 0 Å². The topological polar surface area (TPSA) is 44.8 Å². The summed E-state index contributed by atoms with van der Waals surface area (Å²) in [5.41, 5.74) is 0.835. The van der Waals surface area contributed by atoms with Crippen molar-refractivity contribution in [3.63, 3.8) is 0 Å². The van der Waals surface area contributed by atoms with Crippen LogP contribution in [0, 0.1) is 0 Å². The van der Waals surface area contributed by atoms with E-state index in [1.807, 2.05) is 24.3 Å². The van der Waals surface area contributed by atoms with Gasteiger partial charge in [-0.25, -0.2) is 4.79 Å². The lowest BCUT2D eigenvalue weighted by molar-refractivity contribution is -0.134. The van der Waals surface area contributed by atoms with E-state index in [4.69, 9.17) is 9.47 Å². The molecule has 1 aliphatic rings. The second-order valence-corrected chi connectivity index (χ2v) is 4.31. The molecule has 0 aromatic heterocycles. The predicted octanol–water partition coefficient (Wildman–Crippen LogP) is 2.78. The van der Waals surface area contributed by atoms with Gasteiger partial charge in [-0.1, -0.05) is 18.2 Å². The lowest BCUT2D eigenvalue weighted by Gasteiger charge is -2.24. The first-order chi connectivity index (χ1) is 9.29. The van der Waals surface area contributed by atoms with Gasteiger partial charge in [-0.2, -0.15) is 0 Å². The number of benzene rings is 1. The number of ether oxygens (including phenoxy) is 3. The molecule has 1 aromatic rings. The minimum Gasteiger partial charge on any atom is -0.466 e. The van der Waals surface area contributed by atoms with Crippen molar-refractivity contribution >= 4 is 12.0 Å². The molecule has 1 unspecified atom stereocenters. The number of esters is 1. The fourth-order valence-electron chi connectivity index (χ4n) is 1.90. The standard InChI is InChI=1S/C15H18O4/c1-17-14(16)10-9-12-6-2-3-7-13(12)19-15-8-4-5-11-18-15/h2-3,6-7,9-10,15H,4-5,8,11H2,1H3/b10-9+. The molecule has 4 heteroatoms. The monoisotopic (exact) mass is 262 g/mol. The van der Waals surface area contributed by atoms with Gasteiger partial charge in [0.1, 0.15) is 5.75 Å². The van der Waals surface area contributed by atoms with Crippen LogP contribution < -0.4 is 4.74 Å². The molecule has 0 bridgehead atoms. The van der Waals surface area contributed by atoms with Crippen LogP contribution in [0.3, 0.4) is 0 Å². The number of rotatable bonds is 4. The first-order valence-corrected chi connectivity index (χ1v) is 6.43. The molecule has 1 saturated heterocycles. The van der Waals surface area contributed by atoms with Gasteiger partial charge < -0.3 is 14.2 Å². The molecule has 0 N–H and O–H groups in total. The summed E-state index contributed by atoms with van der Waals surface area (Å²) in [5, 5.41) is 0. The third-order valence-corrected chi connectivity index (χ3v) is 2.92. The summed E-state index contributed by atoms with van der Waals surface area (Å²) in [5.74, 6) is 0.332. The summed E-state index contributed by atoms with van der Waals surface area (Å²) in [6.07, 6.45) is 5.97. The molecule has 0 spiro atoms. The van der Waals surface area contributed by atoms with Crippen molar-refractivity contribution in [2.45, 2.75) is 25.6 Å². The van der Waals surface area contributed by atoms with Gasteiger partial charge in [-0.3, -0.25) is 0 Å². The molecule has 19 heavy (non-hydrogen) atoms. The Kier molecular flexibility index (Phi) is 4.98. The summed E-state index contributed by atoms with van der Waals surface area (Å²) in [7, 11) is 1.35. The Morgan fingerprint density at radius 1 is 1.37 bits per heavy atom. The number of carbonyl (C=O) groups is 1. The van der Waals surface area contributed by atoms with E-state index in [1.165, 1.54) is 13.2 Å². The predicted molar refractivity (Wildman–Crippen MR) is 71.7 cm³/mol. The molecule has 1 aliphatic heterocycles. The Balaban J connectivity index is 2.07. The van der Waals surface area contributed by atoms with Crippen LogP contribution in [-0.4, -0.2) is 26.0 Å². The van der Waals surface area contributed by atoms with Gasteiger partial charge in [0.2, 0.25) is 0 Å². The minimum atomic E-state index is -0.385. The van der Waals surface area contributed by atoms with Gasteiger partial charge in [0.25, 0.3) is 0 Å². The van der Waals surface area contributed by atoms with Crippen LogP contribution in [0.15, 0.2) is 30.3 Å². The average molecular weight is 262 g/mol. The molecule has 102 valence electrons. The van der Waals surface area contributed by atoms with E-state index in [2.05, 4.69) is 4.74 Å². The van der Waals surface area contributed by atoms with E-state index >= 15 is 0 Å². The van der Waals surface area contributed by atoms with Gasteiger partial charge in [0.05, 0.1) is 13.7 Å². The maximum Gasteiger partial charge on any atom is 0.330 e. The first kappa shape index (κ1) is 13.6. The smallest absolute Gasteiger partial charge is 0.330 e. The minimum absolute atomic E-state index is 0.193. The van der Waals surface area contributed by atoms with E-state index in [9.17, 15) is 4.79 Å². The molecular formula is C15H18O4. The Morgan fingerprint density at radius 2 is 2.21 bits per heavy atom. The maximum atomic E-state index is 11.1. The molecule has 0 aliphatic carbocycles. The summed E-state index contributed by atoms with van der Waals surface area (Å²) < 4.78 is 15.9. The zero-order valence-electron chi connectivity index (χ0n) is 11.0. The molecule has 1 heterocycles. The highest BCUT2D eigenvalue weighted by Crippen LogP contribution is 2.24. The number of methoxy groups -OCH3 is 1. The van der Waals surface area contributed by atoms with Crippen molar-refractivity contribution in [3.8, 4) is 5.75 Å². The van der Waals surface area contributed by atoms with Crippen molar-refractivity contribution in [2.24, 2.45) is 0 Å². The third-order valence-electron chi connectivity index (χ3n) is 2.92.